The summed E-state index contributed by atoms with van der Waals surface area (Å²) >= 11 is 0. The molecule has 1 aliphatic rings. The van der Waals surface area contributed by atoms with Gasteiger partial charge in [0, 0.05) is 18.5 Å². The number of fused-ring (bicyclic) bond motifs is 1. The summed E-state index contributed by atoms with van der Waals surface area (Å²) in [5, 5.41) is 7.55. The van der Waals surface area contributed by atoms with E-state index in [1.807, 2.05) is 11.0 Å². The third-order valence-electron chi connectivity index (χ3n) is 3.79. The van der Waals surface area contributed by atoms with Crippen molar-refractivity contribution >= 4 is 16.7 Å². The molecule has 1 aliphatic heterocycles. The number of hydrogen-bond donors (Lipinski definition) is 1. The van der Waals surface area contributed by atoms with E-state index in [0.29, 0.717) is 16.5 Å². The first-order chi connectivity index (χ1) is 9.77. The van der Waals surface area contributed by atoms with Crippen molar-refractivity contribution in [2.24, 2.45) is 0 Å². The number of hydrogen-bond acceptors (Lipinski definition) is 3. The van der Waals surface area contributed by atoms with Gasteiger partial charge < -0.3 is 4.90 Å². The largest absolute Gasteiger partial charge is 0.337 e. The molecule has 1 fully saturated rings. The highest BCUT2D eigenvalue weighted by atomic mass is 16.2. The summed E-state index contributed by atoms with van der Waals surface area (Å²) in [6, 6.07) is 7.11. The van der Waals surface area contributed by atoms with Crippen LogP contribution in [0.3, 0.4) is 0 Å². The van der Waals surface area contributed by atoms with E-state index in [4.69, 9.17) is 0 Å². The van der Waals surface area contributed by atoms with Crippen molar-refractivity contribution in [3.63, 3.8) is 0 Å². The van der Waals surface area contributed by atoms with E-state index in [1.165, 1.54) is 12.8 Å². The van der Waals surface area contributed by atoms with Gasteiger partial charge in [-0.15, -0.1) is 0 Å². The van der Waals surface area contributed by atoms with Crippen LogP contribution in [0.25, 0.3) is 10.8 Å². The van der Waals surface area contributed by atoms with Crippen molar-refractivity contribution in [1.29, 1.82) is 0 Å². The summed E-state index contributed by atoms with van der Waals surface area (Å²) in [5.41, 5.74) is 0.0927. The van der Waals surface area contributed by atoms with Gasteiger partial charge >= 0.3 is 0 Å². The normalized spacial score (nSPS) is 16.1. The standard InChI is InChI=1S/C15H17N3O2/c19-14-12-8-4-3-7-11(12)13(16-17-14)15(20)18-9-5-1-2-6-10-18/h3-4,7-8H,1-2,5-6,9-10H2,(H,17,19). The number of H-pyrrole nitrogens is 1. The summed E-state index contributed by atoms with van der Waals surface area (Å²) in [4.78, 5) is 26.2. The Kier molecular flexibility index (Phi) is 3.50. The van der Waals surface area contributed by atoms with E-state index in [0.717, 1.165) is 25.9 Å². The fourth-order valence-corrected chi connectivity index (χ4v) is 2.70. The van der Waals surface area contributed by atoms with Crippen LogP contribution in [0.1, 0.15) is 36.2 Å². The van der Waals surface area contributed by atoms with E-state index in [-0.39, 0.29) is 11.5 Å². The molecule has 0 unspecified atom stereocenters. The van der Waals surface area contributed by atoms with Crippen molar-refractivity contribution in [2.75, 3.05) is 13.1 Å². The number of likely N-dealkylation sites (tertiary alicyclic amines) is 1. The van der Waals surface area contributed by atoms with E-state index < -0.39 is 0 Å². The highest BCUT2D eigenvalue weighted by Gasteiger charge is 2.21. The minimum atomic E-state index is -0.256. The molecular weight excluding hydrogens is 254 g/mol. The Bertz CT molecular complexity index is 685. The predicted octanol–water partition coefficient (Wildman–Crippen LogP) is 1.94. The van der Waals surface area contributed by atoms with Crippen LogP contribution in [0, 0.1) is 0 Å². The van der Waals surface area contributed by atoms with Crippen LogP contribution < -0.4 is 5.56 Å². The maximum atomic E-state index is 12.6. The molecule has 0 aliphatic carbocycles. The van der Waals surface area contributed by atoms with Gasteiger partial charge in [-0.1, -0.05) is 31.0 Å². The van der Waals surface area contributed by atoms with Crippen LogP contribution in [-0.2, 0) is 0 Å². The Morgan fingerprint density at radius 3 is 2.40 bits per heavy atom. The van der Waals surface area contributed by atoms with Crippen LogP contribution in [0.2, 0.25) is 0 Å². The first-order valence-electron chi connectivity index (χ1n) is 7.04. The van der Waals surface area contributed by atoms with Gasteiger partial charge in [-0.2, -0.15) is 5.10 Å². The average Bonchev–Trinajstić information content (AvgIpc) is 2.76. The molecule has 20 heavy (non-hydrogen) atoms. The van der Waals surface area contributed by atoms with Crippen LogP contribution >= 0.6 is 0 Å². The predicted molar refractivity (Wildman–Crippen MR) is 76.7 cm³/mol. The molecule has 3 rings (SSSR count). The lowest BCUT2D eigenvalue weighted by Crippen LogP contribution is -2.33. The molecule has 1 N–H and O–H groups in total. The Labute approximate surface area is 116 Å². The molecule has 1 amide bonds. The molecule has 0 radical (unpaired) electrons. The van der Waals surface area contributed by atoms with Gasteiger partial charge in [-0.25, -0.2) is 5.10 Å². The van der Waals surface area contributed by atoms with Crippen molar-refractivity contribution in [1.82, 2.24) is 15.1 Å². The quantitative estimate of drug-likeness (QED) is 0.862. The van der Waals surface area contributed by atoms with Gasteiger partial charge in [0.1, 0.15) is 0 Å². The maximum Gasteiger partial charge on any atom is 0.274 e. The molecule has 1 saturated heterocycles. The first kappa shape index (κ1) is 12.8. The molecule has 0 bridgehead atoms. The van der Waals surface area contributed by atoms with E-state index in [2.05, 4.69) is 10.2 Å². The van der Waals surface area contributed by atoms with Crippen molar-refractivity contribution in [2.45, 2.75) is 25.7 Å². The first-order valence-corrected chi connectivity index (χ1v) is 7.04. The summed E-state index contributed by atoms with van der Waals surface area (Å²) in [6.45, 7) is 1.54. The topological polar surface area (TPSA) is 66.1 Å². The highest BCUT2D eigenvalue weighted by Crippen LogP contribution is 2.17. The molecule has 5 heteroatoms. The zero-order valence-corrected chi connectivity index (χ0v) is 11.3. The zero-order chi connectivity index (χ0) is 13.9. The van der Waals surface area contributed by atoms with Gasteiger partial charge in [0.25, 0.3) is 11.5 Å². The highest BCUT2D eigenvalue weighted by molar-refractivity contribution is 6.04. The molecule has 0 spiro atoms. The SMILES string of the molecule is O=C(c1n[nH]c(=O)c2ccccc12)N1CCCCCC1. The summed E-state index contributed by atoms with van der Waals surface area (Å²) < 4.78 is 0. The van der Waals surface area contributed by atoms with Gasteiger partial charge in [0.15, 0.2) is 5.69 Å². The second-order valence-electron chi connectivity index (χ2n) is 5.15. The summed E-state index contributed by atoms with van der Waals surface area (Å²) in [7, 11) is 0. The number of benzene rings is 1. The Morgan fingerprint density at radius 2 is 1.70 bits per heavy atom. The van der Waals surface area contributed by atoms with Crippen LogP contribution in [0.5, 0.6) is 0 Å². The van der Waals surface area contributed by atoms with Crippen LogP contribution in [0.4, 0.5) is 0 Å². The average molecular weight is 271 g/mol. The minimum Gasteiger partial charge on any atom is -0.337 e. The molecule has 1 aromatic carbocycles. The number of nitrogens with one attached hydrogen (secondary N) is 1. The molecule has 5 nitrogen and oxygen atoms in total. The molecule has 2 heterocycles. The van der Waals surface area contributed by atoms with Gasteiger partial charge in [-0.05, 0) is 18.9 Å². The number of nitrogens with zero attached hydrogens (tertiary/aromatic N) is 2. The Hall–Kier alpha value is -2.17. The Balaban J connectivity index is 2.03. The Morgan fingerprint density at radius 1 is 1.05 bits per heavy atom. The van der Waals surface area contributed by atoms with Gasteiger partial charge in [-0.3, -0.25) is 9.59 Å². The van der Waals surface area contributed by atoms with E-state index in [1.54, 1.807) is 18.2 Å². The zero-order valence-electron chi connectivity index (χ0n) is 11.3. The second-order valence-corrected chi connectivity index (χ2v) is 5.15. The third kappa shape index (κ3) is 2.31. The summed E-state index contributed by atoms with van der Waals surface area (Å²) in [5.74, 6) is -0.0839. The van der Waals surface area contributed by atoms with Crippen molar-refractivity contribution < 1.29 is 4.79 Å². The molecule has 0 saturated carbocycles. The third-order valence-corrected chi connectivity index (χ3v) is 3.79. The lowest BCUT2D eigenvalue weighted by molar-refractivity contribution is 0.0757. The van der Waals surface area contributed by atoms with E-state index in [9.17, 15) is 9.59 Å². The number of carbonyl (C=O) groups is 1. The number of aromatic nitrogens is 2. The number of amides is 1. The molecular formula is C15H17N3O2. The van der Waals surface area contributed by atoms with Crippen molar-refractivity contribution in [3.05, 3.63) is 40.3 Å². The van der Waals surface area contributed by atoms with Crippen molar-refractivity contribution in [3.8, 4) is 0 Å². The summed E-state index contributed by atoms with van der Waals surface area (Å²) in [6.07, 6.45) is 4.41. The smallest absolute Gasteiger partial charge is 0.274 e. The number of carbonyl (C=O) groups excluding carboxylic acids is 1. The number of aromatic amines is 1. The van der Waals surface area contributed by atoms with Gasteiger partial charge in [0.05, 0.1) is 5.39 Å². The van der Waals surface area contributed by atoms with E-state index >= 15 is 0 Å². The second kappa shape index (κ2) is 5.45. The molecule has 104 valence electrons. The minimum absolute atomic E-state index is 0.0839. The lowest BCUT2D eigenvalue weighted by atomic mass is 10.1. The van der Waals surface area contributed by atoms with Crippen LogP contribution in [-0.4, -0.2) is 34.1 Å². The fourth-order valence-electron chi connectivity index (χ4n) is 2.70. The monoisotopic (exact) mass is 271 g/mol. The molecule has 1 aromatic heterocycles. The lowest BCUT2D eigenvalue weighted by Gasteiger charge is -2.20. The molecule has 0 atom stereocenters. The molecule has 2 aromatic rings. The van der Waals surface area contributed by atoms with Gasteiger partial charge in [0.2, 0.25) is 0 Å². The number of rotatable bonds is 1. The van der Waals surface area contributed by atoms with Crippen LogP contribution in [0.15, 0.2) is 29.1 Å². The maximum absolute atomic E-state index is 12.6. The fraction of sp³-hybridized carbons (Fsp3) is 0.400.